The van der Waals surface area contributed by atoms with Crippen molar-refractivity contribution in [2.45, 2.75) is 45.1 Å². The number of rotatable bonds is 2. The van der Waals surface area contributed by atoms with Gasteiger partial charge in [0.2, 0.25) is 0 Å². The zero-order valence-electron chi connectivity index (χ0n) is 8.26. The number of aromatic nitrogens is 2. The average Bonchev–Trinajstić information content (AvgIpc) is 2.35. The van der Waals surface area contributed by atoms with E-state index in [4.69, 9.17) is 12.2 Å². The third kappa shape index (κ3) is 1.17. The molecule has 1 fully saturated rings. The van der Waals surface area contributed by atoms with E-state index in [1.807, 2.05) is 6.20 Å². The Bertz CT molecular complexity index is 352. The Hall–Kier alpha value is -0.570. The molecule has 1 aliphatic rings. The number of aryl methyl sites for hydroxylation is 1. The summed E-state index contributed by atoms with van der Waals surface area (Å²) in [5, 5.41) is 0. The second-order valence-corrected chi connectivity index (χ2v) is 4.39. The molecule has 0 aliphatic heterocycles. The highest BCUT2D eigenvalue weighted by molar-refractivity contribution is 7.71. The first kappa shape index (κ1) is 9.00. The summed E-state index contributed by atoms with van der Waals surface area (Å²) < 4.78 is 3.20. The molecule has 1 aromatic rings. The maximum Gasteiger partial charge on any atom is 0.177 e. The van der Waals surface area contributed by atoms with Crippen LogP contribution < -0.4 is 0 Å². The molecule has 1 aliphatic carbocycles. The van der Waals surface area contributed by atoms with Crippen molar-refractivity contribution in [3.05, 3.63) is 16.7 Å². The lowest BCUT2D eigenvalue weighted by atomic mass is 9.74. The summed E-state index contributed by atoms with van der Waals surface area (Å²) in [7, 11) is 0. The first-order chi connectivity index (χ1) is 6.19. The molecule has 0 amide bonds. The van der Waals surface area contributed by atoms with Gasteiger partial charge in [-0.05, 0) is 44.8 Å². The lowest BCUT2D eigenvalue weighted by Gasteiger charge is -2.43. The Morgan fingerprint density at radius 2 is 2.31 bits per heavy atom. The second kappa shape index (κ2) is 2.98. The van der Waals surface area contributed by atoms with Crippen molar-refractivity contribution in [1.82, 2.24) is 9.55 Å². The number of H-pyrrole nitrogens is 1. The summed E-state index contributed by atoms with van der Waals surface area (Å²) in [6.07, 6.45) is 7.13. The summed E-state index contributed by atoms with van der Waals surface area (Å²) in [6, 6.07) is 0. The van der Waals surface area contributed by atoms with Crippen molar-refractivity contribution in [3.8, 4) is 0 Å². The molecule has 0 atom stereocenters. The van der Waals surface area contributed by atoms with E-state index in [2.05, 4.69) is 23.4 Å². The molecular weight excluding hydrogens is 180 g/mol. The Balaban J connectivity index is 2.49. The molecular formula is C10H16N2S. The SMILES string of the molecule is CCC1(n2c(C)c[nH]c2=S)CCC1. The number of imidazole rings is 1. The topological polar surface area (TPSA) is 20.7 Å². The van der Waals surface area contributed by atoms with Gasteiger partial charge in [0.1, 0.15) is 0 Å². The number of nitrogens with one attached hydrogen (secondary N) is 1. The van der Waals surface area contributed by atoms with Gasteiger partial charge < -0.3 is 9.55 Å². The van der Waals surface area contributed by atoms with Crippen LogP contribution >= 0.6 is 12.2 Å². The summed E-state index contributed by atoms with van der Waals surface area (Å²) in [5.41, 5.74) is 1.62. The molecule has 1 N–H and O–H groups in total. The highest BCUT2D eigenvalue weighted by atomic mass is 32.1. The third-order valence-corrected chi connectivity index (χ3v) is 3.68. The van der Waals surface area contributed by atoms with Gasteiger partial charge in [-0.25, -0.2) is 0 Å². The molecule has 0 aromatic carbocycles. The van der Waals surface area contributed by atoms with Gasteiger partial charge in [0.15, 0.2) is 4.77 Å². The lowest BCUT2D eigenvalue weighted by Crippen LogP contribution is -2.40. The second-order valence-electron chi connectivity index (χ2n) is 4.00. The lowest BCUT2D eigenvalue weighted by molar-refractivity contribution is 0.131. The van der Waals surface area contributed by atoms with Crippen molar-refractivity contribution >= 4 is 12.2 Å². The minimum atomic E-state index is 0.348. The highest BCUT2D eigenvalue weighted by Gasteiger charge is 2.37. The van der Waals surface area contributed by atoms with Crippen LogP contribution in [-0.2, 0) is 5.54 Å². The fourth-order valence-corrected chi connectivity index (χ4v) is 2.76. The Morgan fingerprint density at radius 1 is 1.62 bits per heavy atom. The normalized spacial score (nSPS) is 19.8. The average molecular weight is 196 g/mol. The van der Waals surface area contributed by atoms with Crippen molar-refractivity contribution < 1.29 is 0 Å². The van der Waals surface area contributed by atoms with Gasteiger partial charge in [0.05, 0.1) is 0 Å². The van der Waals surface area contributed by atoms with Crippen LogP contribution in [0, 0.1) is 11.7 Å². The van der Waals surface area contributed by atoms with Gasteiger partial charge in [-0.3, -0.25) is 0 Å². The Labute approximate surface area is 84.0 Å². The Kier molecular flexibility index (Phi) is 2.06. The molecule has 0 radical (unpaired) electrons. The maximum absolute atomic E-state index is 5.29. The van der Waals surface area contributed by atoms with Gasteiger partial charge >= 0.3 is 0 Å². The summed E-state index contributed by atoms with van der Waals surface area (Å²) in [6.45, 7) is 4.38. The molecule has 72 valence electrons. The van der Waals surface area contributed by atoms with Crippen LogP contribution in [0.1, 0.15) is 38.3 Å². The molecule has 3 heteroatoms. The number of hydrogen-bond acceptors (Lipinski definition) is 1. The van der Waals surface area contributed by atoms with E-state index in [9.17, 15) is 0 Å². The molecule has 1 saturated carbocycles. The molecule has 1 heterocycles. The van der Waals surface area contributed by atoms with Crippen molar-refractivity contribution in [1.29, 1.82) is 0 Å². The third-order valence-electron chi connectivity index (χ3n) is 3.38. The van der Waals surface area contributed by atoms with E-state index in [-0.39, 0.29) is 0 Å². The zero-order chi connectivity index (χ0) is 9.47. The van der Waals surface area contributed by atoms with Crippen molar-refractivity contribution in [2.24, 2.45) is 0 Å². The van der Waals surface area contributed by atoms with Crippen LogP contribution in [-0.4, -0.2) is 9.55 Å². The Morgan fingerprint density at radius 3 is 2.62 bits per heavy atom. The van der Waals surface area contributed by atoms with Crippen LogP contribution in [0.3, 0.4) is 0 Å². The van der Waals surface area contributed by atoms with E-state index < -0.39 is 0 Å². The van der Waals surface area contributed by atoms with Gasteiger partial charge in [-0.2, -0.15) is 0 Å². The number of aromatic amines is 1. The zero-order valence-corrected chi connectivity index (χ0v) is 9.08. The van der Waals surface area contributed by atoms with Gasteiger partial charge in [-0.15, -0.1) is 0 Å². The van der Waals surface area contributed by atoms with E-state index in [1.54, 1.807) is 0 Å². The largest absolute Gasteiger partial charge is 0.337 e. The smallest absolute Gasteiger partial charge is 0.177 e. The molecule has 0 saturated heterocycles. The minimum absolute atomic E-state index is 0.348. The molecule has 2 nitrogen and oxygen atoms in total. The van der Waals surface area contributed by atoms with E-state index >= 15 is 0 Å². The summed E-state index contributed by atoms with van der Waals surface area (Å²) >= 11 is 5.29. The van der Waals surface area contributed by atoms with Gasteiger partial charge in [-0.1, -0.05) is 6.92 Å². The standard InChI is InChI=1S/C10H16N2S/c1-3-10(5-4-6-10)12-8(2)7-11-9(12)13/h7H,3-6H2,1-2H3,(H,11,13). The van der Waals surface area contributed by atoms with Crippen LogP contribution in [0.4, 0.5) is 0 Å². The van der Waals surface area contributed by atoms with Crippen molar-refractivity contribution in [2.75, 3.05) is 0 Å². The molecule has 0 bridgehead atoms. The van der Waals surface area contributed by atoms with Crippen LogP contribution in [0.25, 0.3) is 0 Å². The predicted octanol–water partition coefficient (Wildman–Crippen LogP) is 3.14. The number of hydrogen-bond donors (Lipinski definition) is 1. The van der Waals surface area contributed by atoms with Gasteiger partial charge in [0.25, 0.3) is 0 Å². The van der Waals surface area contributed by atoms with E-state index in [1.165, 1.54) is 31.4 Å². The van der Waals surface area contributed by atoms with E-state index in [0.717, 1.165) is 4.77 Å². The van der Waals surface area contributed by atoms with E-state index in [0.29, 0.717) is 5.54 Å². The van der Waals surface area contributed by atoms with Gasteiger partial charge in [0, 0.05) is 17.4 Å². The molecule has 0 unspecified atom stereocenters. The molecule has 1 aromatic heterocycles. The van der Waals surface area contributed by atoms with Crippen LogP contribution in [0.2, 0.25) is 0 Å². The quantitative estimate of drug-likeness (QED) is 0.721. The number of nitrogens with zero attached hydrogens (tertiary/aromatic N) is 1. The van der Waals surface area contributed by atoms with Crippen LogP contribution in [0.5, 0.6) is 0 Å². The van der Waals surface area contributed by atoms with Crippen molar-refractivity contribution in [3.63, 3.8) is 0 Å². The molecule has 13 heavy (non-hydrogen) atoms. The molecule has 0 spiro atoms. The monoisotopic (exact) mass is 196 g/mol. The first-order valence-corrected chi connectivity index (χ1v) is 5.38. The maximum atomic E-state index is 5.29. The minimum Gasteiger partial charge on any atom is -0.337 e. The summed E-state index contributed by atoms with van der Waals surface area (Å²) in [4.78, 5) is 3.12. The summed E-state index contributed by atoms with van der Waals surface area (Å²) in [5.74, 6) is 0. The van der Waals surface area contributed by atoms with Crippen LogP contribution in [0.15, 0.2) is 6.20 Å². The predicted molar refractivity (Wildman–Crippen MR) is 56.5 cm³/mol. The molecule has 2 rings (SSSR count). The highest BCUT2D eigenvalue weighted by Crippen LogP contribution is 2.42. The fourth-order valence-electron chi connectivity index (χ4n) is 2.37. The fraction of sp³-hybridized carbons (Fsp3) is 0.700. The first-order valence-electron chi connectivity index (χ1n) is 4.97.